The van der Waals surface area contributed by atoms with Gasteiger partial charge in [-0.25, -0.2) is 0 Å². The monoisotopic (exact) mass is 212 g/mol. The maximum Gasteiger partial charge on any atom is 0.269 e. The zero-order valence-electron chi connectivity index (χ0n) is 8.93. The van der Waals surface area contributed by atoms with E-state index >= 15 is 0 Å². The Morgan fingerprint density at radius 2 is 2.53 bits per heavy atom. The number of nitrogens with zero attached hydrogens (tertiary/aromatic N) is 2. The third-order valence-corrected chi connectivity index (χ3v) is 2.04. The second kappa shape index (κ2) is 5.47. The van der Waals surface area contributed by atoms with Crippen molar-refractivity contribution in [3.8, 4) is 0 Å². The largest absolute Gasteiger partial charge is 0.383 e. The van der Waals surface area contributed by atoms with Crippen molar-refractivity contribution in [3.05, 3.63) is 18.0 Å². The number of rotatable bonds is 5. The normalized spacial score (nSPS) is 12.5. The molecule has 0 saturated carbocycles. The molecule has 0 aliphatic heterocycles. The van der Waals surface area contributed by atoms with Gasteiger partial charge in [0.05, 0.1) is 12.6 Å². The molecule has 0 aromatic carbocycles. The quantitative estimate of drug-likeness (QED) is 0.664. The lowest BCUT2D eigenvalue weighted by atomic mass is 10.3. The van der Waals surface area contributed by atoms with E-state index in [0.29, 0.717) is 18.8 Å². The minimum atomic E-state index is -0.192. The Hall–Kier alpha value is -1.40. The predicted octanol–water partition coefficient (Wildman–Crippen LogP) is -0.876. The number of carbonyl (C=O) groups excluding carboxylic acids is 1. The molecule has 3 N–H and O–H groups in total. The Labute approximate surface area is 88.4 Å². The zero-order chi connectivity index (χ0) is 11.3. The molecular weight excluding hydrogens is 196 g/mol. The fourth-order valence-corrected chi connectivity index (χ4v) is 1.23. The van der Waals surface area contributed by atoms with Gasteiger partial charge in [0.1, 0.15) is 5.69 Å². The van der Waals surface area contributed by atoms with Gasteiger partial charge in [-0.3, -0.25) is 9.48 Å². The van der Waals surface area contributed by atoms with Crippen LogP contribution in [0.4, 0.5) is 0 Å². The van der Waals surface area contributed by atoms with Crippen molar-refractivity contribution in [2.45, 2.75) is 6.04 Å². The Balaban J connectivity index is 2.58. The molecule has 6 heteroatoms. The number of methoxy groups -OCH3 is 1. The maximum absolute atomic E-state index is 11.7. The van der Waals surface area contributed by atoms with Crippen LogP contribution in [0.15, 0.2) is 12.3 Å². The number of hydrogen-bond acceptors (Lipinski definition) is 4. The van der Waals surface area contributed by atoms with Crippen LogP contribution in [-0.4, -0.2) is 42.0 Å². The lowest BCUT2D eigenvalue weighted by Gasteiger charge is -2.15. The third-order valence-electron chi connectivity index (χ3n) is 2.04. The van der Waals surface area contributed by atoms with Crippen molar-refractivity contribution in [2.24, 2.45) is 12.8 Å². The van der Waals surface area contributed by atoms with Gasteiger partial charge in [-0.15, -0.1) is 0 Å². The number of aromatic nitrogens is 2. The summed E-state index contributed by atoms with van der Waals surface area (Å²) >= 11 is 0. The second-order valence-electron chi connectivity index (χ2n) is 3.20. The van der Waals surface area contributed by atoms with Crippen molar-refractivity contribution in [3.63, 3.8) is 0 Å². The first-order valence-electron chi connectivity index (χ1n) is 4.67. The zero-order valence-corrected chi connectivity index (χ0v) is 8.93. The summed E-state index contributed by atoms with van der Waals surface area (Å²) < 4.78 is 6.44. The lowest BCUT2D eigenvalue weighted by Crippen LogP contribution is -2.43. The highest BCUT2D eigenvalue weighted by molar-refractivity contribution is 5.92. The summed E-state index contributed by atoms with van der Waals surface area (Å²) in [4.78, 5) is 11.7. The van der Waals surface area contributed by atoms with Gasteiger partial charge in [-0.05, 0) is 6.07 Å². The fourth-order valence-electron chi connectivity index (χ4n) is 1.23. The summed E-state index contributed by atoms with van der Waals surface area (Å²) in [6.07, 6.45) is 1.57. The Kier molecular flexibility index (Phi) is 4.26. The van der Waals surface area contributed by atoms with Crippen molar-refractivity contribution >= 4 is 5.91 Å². The molecule has 0 aliphatic rings. The molecule has 15 heavy (non-hydrogen) atoms. The van der Waals surface area contributed by atoms with Crippen molar-refractivity contribution in [2.75, 3.05) is 20.3 Å². The Morgan fingerprint density at radius 3 is 3.00 bits per heavy atom. The van der Waals surface area contributed by atoms with Crippen LogP contribution < -0.4 is 11.1 Å². The van der Waals surface area contributed by atoms with Crippen LogP contribution in [0.25, 0.3) is 0 Å². The Bertz CT molecular complexity index is 324. The molecule has 0 radical (unpaired) electrons. The number of nitrogens with one attached hydrogen (secondary N) is 1. The predicted molar refractivity (Wildman–Crippen MR) is 55.4 cm³/mol. The van der Waals surface area contributed by atoms with Crippen LogP contribution in [0.1, 0.15) is 10.5 Å². The molecule has 1 aromatic rings. The van der Waals surface area contributed by atoms with Gasteiger partial charge in [0.2, 0.25) is 0 Å². The van der Waals surface area contributed by atoms with Gasteiger partial charge in [0.25, 0.3) is 5.91 Å². The first kappa shape index (κ1) is 11.7. The number of carbonyl (C=O) groups is 1. The molecule has 1 atom stereocenters. The molecule has 1 amide bonds. The molecule has 0 aliphatic carbocycles. The number of aryl methyl sites for hydroxylation is 1. The molecule has 6 nitrogen and oxygen atoms in total. The van der Waals surface area contributed by atoms with E-state index in [-0.39, 0.29) is 11.9 Å². The smallest absolute Gasteiger partial charge is 0.269 e. The number of hydrogen-bond donors (Lipinski definition) is 2. The molecule has 1 aromatic heterocycles. The van der Waals surface area contributed by atoms with E-state index in [1.807, 2.05) is 0 Å². The minimum Gasteiger partial charge on any atom is -0.383 e. The summed E-state index contributed by atoms with van der Waals surface area (Å²) in [6.45, 7) is 0.748. The van der Waals surface area contributed by atoms with E-state index in [4.69, 9.17) is 10.5 Å². The van der Waals surface area contributed by atoms with E-state index in [0.717, 1.165) is 0 Å². The van der Waals surface area contributed by atoms with Crippen LogP contribution in [0.2, 0.25) is 0 Å². The van der Waals surface area contributed by atoms with Gasteiger partial charge in [-0.2, -0.15) is 5.10 Å². The van der Waals surface area contributed by atoms with Gasteiger partial charge < -0.3 is 15.8 Å². The highest BCUT2D eigenvalue weighted by Gasteiger charge is 2.14. The van der Waals surface area contributed by atoms with Gasteiger partial charge in [0, 0.05) is 26.9 Å². The maximum atomic E-state index is 11.7. The van der Waals surface area contributed by atoms with Gasteiger partial charge in [0.15, 0.2) is 0 Å². The van der Waals surface area contributed by atoms with Crippen LogP contribution >= 0.6 is 0 Å². The summed E-state index contributed by atoms with van der Waals surface area (Å²) in [7, 11) is 3.28. The lowest BCUT2D eigenvalue weighted by molar-refractivity contribution is 0.0891. The first-order chi connectivity index (χ1) is 7.19. The molecule has 84 valence electrons. The number of ether oxygens (including phenoxy) is 1. The van der Waals surface area contributed by atoms with E-state index in [1.54, 1.807) is 26.4 Å². The topological polar surface area (TPSA) is 82.2 Å². The molecule has 1 rings (SSSR count). The highest BCUT2D eigenvalue weighted by atomic mass is 16.5. The highest BCUT2D eigenvalue weighted by Crippen LogP contribution is 1.96. The minimum absolute atomic E-state index is 0.169. The van der Waals surface area contributed by atoms with Crippen molar-refractivity contribution in [1.82, 2.24) is 15.1 Å². The van der Waals surface area contributed by atoms with Gasteiger partial charge >= 0.3 is 0 Å². The molecule has 0 spiro atoms. The molecule has 1 unspecified atom stereocenters. The Morgan fingerprint density at radius 1 is 1.80 bits per heavy atom. The number of amides is 1. The first-order valence-corrected chi connectivity index (χ1v) is 4.67. The summed E-state index contributed by atoms with van der Waals surface area (Å²) in [5.41, 5.74) is 5.99. The summed E-state index contributed by atoms with van der Waals surface area (Å²) in [5, 5.41) is 6.67. The van der Waals surface area contributed by atoms with Crippen molar-refractivity contribution in [1.29, 1.82) is 0 Å². The molecule has 1 heterocycles. The fraction of sp³-hybridized carbons (Fsp3) is 0.556. The average Bonchev–Trinajstić information content (AvgIpc) is 2.63. The average molecular weight is 212 g/mol. The van der Waals surface area contributed by atoms with Crippen LogP contribution in [0.5, 0.6) is 0 Å². The van der Waals surface area contributed by atoms with Crippen LogP contribution in [0.3, 0.4) is 0 Å². The van der Waals surface area contributed by atoms with Gasteiger partial charge in [-0.1, -0.05) is 0 Å². The third kappa shape index (κ3) is 3.03. The van der Waals surface area contributed by atoms with Crippen LogP contribution in [0, 0.1) is 0 Å². The summed E-state index contributed by atoms with van der Waals surface area (Å²) in [6, 6.07) is 1.48. The molecular formula is C9H16N4O2. The molecule has 0 fully saturated rings. The van der Waals surface area contributed by atoms with E-state index in [9.17, 15) is 4.79 Å². The van der Waals surface area contributed by atoms with E-state index in [1.165, 1.54) is 4.68 Å². The summed E-state index contributed by atoms with van der Waals surface area (Å²) in [5.74, 6) is -0.192. The SMILES string of the molecule is COCC(CN)NC(=O)c1ccnn1C. The molecule has 0 saturated heterocycles. The second-order valence-corrected chi connectivity index (χ2v) is 3.20. The van der Waals surface area contributed by atoms with Crippen molar-refractivity contribution < 1.29 is 9.53 Å². The molecule has 0 bridgehead atoms. The van der Waals surface area contributed by atoms with E-state index in [2.05, 4.69) is 10.4 Å². The number of nitrogens with two attached hydrogens (primary N) is 1. The standard InChI is InChI=1S/C9H16N4O2/c1-13-8(3-4-11-13)9(14)12-7(5-10)6-15-2/h3-4,7H,5-6,10H2,1-2H3,(H,12,14). The van der Waals surface area contributed by atoms with E-state index < -0.39 is 0 Å². The van der Waals surface area contributed by atoms with Crippen LogP contribution in [-0.2, 0) is 11.8 Å².